The highest BCUT2D eigenvalue weighted by atomic mass is 35.5. The summed E-state index contributed by atoms with van der Waals surface area (Å²) >= 11 is 6.03. The summed E-state index contributed by atoms with van der Waals surface area (Å²) in [5.41, 5.74) is 0.306. The number of rotatable bonds is 8. The molecule has 6 nitrogen and oxygen atoms in total. The van der Waals surface area contributed by atoms with E-state index in [9.17, 15) is 18.0 Å². The fourth-order valence-electron chi connectivity index (χ4n) is 2.45. The molecule has 2 rings (SSSR count). The van der Waals surface area contributed by atoms with Gasteiger partial charge < -0.3 is 4.74 Å². The highest BCUT2D eigenvalue weighted by Gasteiger charge is 2.24. The molecule has 27 heavy (non-hydrogen) atoms. The summed E-state index contributed by atoms with van der Waals surface area (Å²) in [5.74, 6) is -1.23. The number of carbonyl (C=O) groups excluding carboxylic acids is 2. The highest BCUT2D eigenvalue weighted by molar-refractivity contribution is 7.89. The number of sulfonamides is 1. The molecule has 2 aromatic carbocycles. The number of carbonyl (C=O) groups is 2. The smallest absolute Gasteiger partial charge is 0.340 e. The van der Waals surface area contributed by atoms with E-state index in [0.29, 0.717) is 18.7 Å². The van der Waals surface area contributed by atoms with Crippen molar-refractivity contribution in [2.24, 2.45) is 0 Å². The van der Waals surface area contributed by atoms with Crippen LogP contribution in [0.4, 0.5) is 0 Å². The lowest BCUT2D eigenvalue weighted by Crippen LogP contribution is -2.30. The van der Waals surface area contributed by atoms with E-state index in [1.807, 2.05) is 0 Å². The predicted octanol–water partition coefficient (Wildman–Crippen LogP) is 3.41. The van der Waals surface area contributed by atoms with Gasteiger partial charge in [-0.05, 0) is 18.2 Å². The fraction of sp³-hybridized carbons (Fsp3) is 0.263. The third-order valence-corrected chi connectivity index (χ3v) is 6.31. The minimum absolute atomic E-state index is 0.0469. The lowest BCUT2D eigenvalue weighted by atomic mass is 10.1. The normalized spacial score (nSPS) is 11.4. The Morgan fingerprint density at radius 3 is 2.26 bits per heavy atom. The minimum Gasteiger partial charge on any atom is -0.454 e. The molecule has 0 heterocycles. The quantitative estimate of drug-likeness (QED) is 0.493. The van der Waals surface area contributed by atoms with Crippen molar-refractivity contribution in [3.05, 3.63) is 64.7 Å². The molecule has 0 spiro atoms. The van der Waals surface area contributed by atoms with E-state index in [1.54, 1.807) is 44.2 Å². The molecule has 0 amide bonds. The minimum atomic E-state index is -3.75. The van der Waals surface area contributed by atoms with Gasteiger partial charge in [0.25, 0.3) is 0 Å². The van der Waals surface area contributed by atoms with Gasteiger partial charge in [0, 0.05) is 18.7 Å². The molecule has 0 aliphatic heterocycles. The zero-order valence-corrected chi connectivity index (χ0v) is 16.6. The van der Waals surface area contributed by atoms with E-state index in [-0.39, 0.29) is 21.3 Å². The van der Waals surface area contributed by atoms with E-state index in [1.165, 1.54) is 22.5 Å². The summed E-state index contributed by atoms with van der Waals surface area (Å²) in [6.45, 7) is 3.58. The van der Waals surface area contributed by atoms with Crippen molar-refractivity contribution in [3.8, 4) is 0 Å². The van der Waals surface area contributed by atoms with Gasteiger partial charge in [-0.2, -0.15) is 4.31 Å². The van der Waals surface area contributed by atoms with Crippen molar-refractivity contribution in [2.45, 2.75) is 18.7 Å². The summed E-state index contributed by atoms with van der Waals surface area (Å²) in [5, 5.41) is 0.0469. The van der Waals surface area contributed by atoms with E-state index >= 15 is 0 Å². The lowest BCUT2D eigenvalue weighted by molar-refractivity contribution is 0.0474. The largest absolute Gasteiger partial charge is 0.454 e. The average molecular weight is 410 g/mol. The summed E-state index contributed by atoms with van der Waals surface area (Å²) in [4.78, 5) is 24.3. The van der Waals surface area contributed by atoms with Gasteiger partial charge in [-0.1, -0.05) is 55.8 Å². The van der Waals surface area contributed by atoms with Crippen LogP contribution in [-0.2, 0) is 14.8 Å². The van der Waals surface area contributed by atoms with Crippen molar-refractivity contribution in [1.82, 2.24) is 4.31 Å². The monoisotopic (exact) mass is 409 g/mol. The molecule has 0 fully saturated rings. The van der Waals surface area contributed by atoms with E-state index in [2.05, 4.69) is 0 Å². The second-order valence-corrected chi connectivity index (χ2v) is 7.94. The maximum Gasteiger partial charge on any atom is 0.340 e. The van der Waals surface area contributed by atoms with Crippen LogP contribution in [0.2, 0.25) is 5.02 Å². The standard InChI is InChI=1S/C19H20ClNO5S/c1-3-21(4-2)27(24,25)15-10-11-17(20)16(12-15)19(23)26-13-18(22)14-8-6-5-7-9-14/h5-12H,3-4,13H2,1-2H3. The van der Waals surface area contributed by atoms with Gasteiger partial charge in [0.2, 0.25) is 10.0 Å². The molecule has 0 unspecified atom stereocenters. The molecule has 0 atom stereocenters. The Kier molecular flexibility index (Phi) is 7.12. The highest BCUT2D eigenvalue weighted by Crippen LogP contribution is 2.23. The number of Topliss-reactive ketones (excluding diaryl/α,β-unsaturated/α-hetero) is 1. The van der Waals surface area contributed by atoms with Crippen LogP contribution in [0.3, 0.4) is 0 Å². The van der Waals surface area contributed by atoms with E-state index in [4.69, 9.17) is 16.3 Å². The van der Waals surface area contributed by atoms with Crippen LogP contribution in [0.15, 0.2) is 53.4 Å². The number of halogens is 1. The molecular formula is C19H20ClNO5S. The second-order valence-electron chi connectivity index (χ2n) is 5.60. The van der Waals surface area contributed by atoms with Crippen LogP contribution in [0, 0.1) is 0 Å². The molecule has 0 saturated heterocycles. The predicted molar refractivity (Wildman–Crippen MR) is 103 cm³/mol. The van der Waals surface area contributed by atoms with Crippen molar-refractivity contribution in [2.75, 3.05) is 19.7 Å². The van der Waals surface area contributed by atoms with Crippen LogP contribution in [-0.4, -0.2) is 44.2 Å². The first-order valence-electron chi connectivity index (χ1n) is 8.36. The number of hydrogen-bond donors (Lipinski definition) is 0. The number of ketones is 1. The SMILES string of the molecule is CCN(CC)S(=O)(=O)c1ccc(Cl)c(C(=O)OCC(=O)c2ccccc2)c1. The number of hydrogen-bond acceptors (Lipinski definition) is 5. The molecule has 0 aliphatic rings. The van der Waals surface area contributed by atoms with Gasteiger partial charge in [0.1, 0.15) is 0 Å². The van der Waals surface area contributed by atoms with Gasteiger partial charge in [-0.25, -0.2) is 13.2 Å². The van der Waals surface area contributed by atoms with Gasteiger partial charge in [0.15, 0.2) is 12.4 Å². The van der Waals surface area contributed by atoms with Gasteiger partial charge >= 0.3 is 5.97 Å². The van der Waals surface area contributed by atoms with Crippen LogP contribution in [0.25, 0.3) is 0 Å². The average Bonchev–Trinajstić information content (AvgIpc) is 2.67. The Balaban J connectivity index is 2.20. The van der Waals surface area contributed by atoms with E-state index < -0.39 is 22.6 Å². The maximum absolute atomic E-state index is 12.6. The Morgan fingerprint density at radius 2 is 1.67 bits per heavy atom. The van der Waals surface area contributed by atoms with Crippen LogP contribution >= 0.6 is 11.6 Å². The number of nitrogens with zero attached hydrogens (tertiary/aromatic N) is 1. The van der Waals surface area contributed by atoms with Crippen molar-refractivity contribution in [3.63, 3.8) is 0 Å². The Labute approximate surface area is 163 Å². The zero-order valence-electron chi connectivity index (χ0n) is 15.0. The summed E-state index contributed by atoms with van der Waals surface area (Å²) in [6, 6.07) is 12.2. The summed E-state index contributed by atoms with van der Waals surface area (Å²) in [6.07, 6.45) is 0. The second kappa shape index (κ2) is 9.12. The topological polar surface area (TPSA) is 80.8 Å². The fourth-order valence-corrected chi connectivity index (χ4v) is 4.13. The number of esters is 1. The molecule has 0 saturated carbocycles. The molecule has 0 bridgehead atoms. The first kappa shape index (κ1) is 21.1. The van der Waals surface area contributed by atoms with Crippen molar-refractivity contribution in [1.29, 1.82) is 0 Å². The van der Waals surface area contributed by atoms with Crippen molar-refractivity contribution < 1.29 is 22.7 Å². The number of ether oxygens (including phenoxy) is 1. The molecule has 0 aliphatic carbocycles. The van der Waals surface area contributed by atoms with Crippen LogP contribution in [0.1, 0.15) is 34.6 Å². The summed E-state index contributed by atoms with van der Waals surface area (Å²) in [7, 11) is -3.75. The summed E-state index contributed by atoms with van der Waals surface area (Å²) < 4.78 is 31.5. The first-order valence-corrected chi connectivity index (χ1v) is 10.2. The molecule has 0 radical (unpaired) electrons. The van der Waals surface area contributed by atoms with E-state index in [0.717, 1.165) is 0 Å². The van der Waals surface area contributed by atoms with Gasteiger partial charge in [-0.15, -0.1) is 0 Å². The zero-order chi connectivity index (χ0) is 20.0. The molecule has 0 aromatic heterocycles. The third kappa shape index (κ3) is 4.94. The molecule has 144 valence electrons. The van der Waals surface area contributed by atoms with Crippen molar-refractivity contribution >= 4 is 33.4 Å². The number of benzene rings is 2. The molecule has 0 N–H and O–H groups in total. The molecular weight excluding hydrogens is 390 g/mol. The van der Waals surface area contributed by atoms with Crippen LogP contribution in [0.5, 0.6) is 0 Å². The molecule has 8 heteroatoms. The Hall–Kier alpha value is -2.22. The third-order valence-electron chi connectivity index (χ3n) is 3.93. The maximum atomic E-state index is 12.6. The Morgan fingerprint density at radius 1 is 1.04 bits per heavy atom. The first-order chi connectivity index (χ1) is 12.8. The van der Waals surface area contributed by atoms with Crippen LogP contribution < -0.4 is 0 Å². The lowest BCUT2D eigenvalue weighted by Gasteiger charge is -2.19. The molecule has 2 aromatic rings. The van der Waals surface area contributed by atoms with Gasteiger partial charge in [0.05, 0.1) is 15.5 Å². The Bertz CT molecular complexity index is 924. The van der Waals surface area contributed by atoms with Gasteiger partial charge in [-0.3, -0.25) is 4.79 Å².